The molecule has 0 bridgehead atoms. The van der Waals surface area contributed by atoms with Gasteiger partial charge >= 0.3 is 0 Å². The predicted octanol–water partition coefficient (Wildman–Crippen LogP) is 6.11. The lowest BCUT2D eigenvalue weighted by atomic mass is 9.98. The van der Waals surface area contributed by atoms with Crippen LogP contribution in [0.15, 0.2) is 83.8 Å². The smallest absolute Gasteiger partial charge is 0.232 e. The largest absolute Gasteiger partial charge is 0.282 e. The number of benzene rings is 3. The van der Waals surface area contributed by atoms with Gasteiger partial charge in [0.25, 0.3) is 6.43 Å². The average Bonchev–Trinajstić information content (AvgIpc) is 3.20. The lowest BCUT2D eigenvalue weighted by Crippen LogP contribution is -2.01. The maximum Gasteiger partial charge on any atom is 0.282 e. The summed E-state index contributed by atoms with van der Waals surface area (Å²) in [6.07, 6.45) is -0.793. The molecule has 0 fully saturated rings. The van der Waals surface area contributed by atoms with Gasteiger partial charge in [-0.05, 0) is 41.8 Å². The first-order valence-electron chi connectivity index (χ1n) is 10.2. The molecule has 4 aromatic rings. The number of alkyl halides is 2. The summed E-state index contributed by atoms with van der Waals surface area (Å²) in [6, 6.07) is 22.7. The number of halogens is 2. The van der Waals surface area contributed by atoms with Crippen LogP contribution in [0.5, 0.6) is 0 Å². The van der Waals surface area contributed by atoms with E-state index in [9.17, 15) is 17.2 Å². The number of aryl methyl sites for hydroxylation is 1. The van der Waals surface area contributed by atoms with Gasteiger partial charge in [0.2, 0.25) is 0 Å². The van der Waals surface area contributed by atoms with Crippen molar-refractivity contribution in [3.05, 3.63) is 90.1 Å². The van der Waals surface area contributed by atoms with E-state index in [4.69, 9.17) is 0 Å². The van der Waals surface area contributed by atoms with Crippen molar-refractivity contribution in [1.82, 2.24) is 9.78 Å². The summed E-state index contributed by atoms with van der Waals surface area (Å²) in [5.41, 5.74) is 3.46. The van der Waals surface area contributed by atoms with E-state index in [0.717, 1.165) is 18.2 Å². The van der Waals surface area contributed by atoms with Crippen molar-refractivity contribution in [1.29, 1.82) is 0 Å². The summed E-state index contributed by atoms with van der Waals surface area (Å²) in [7, 11) is -3.38. The van der Waals surface area contributed by atoms with Crippen LogP contribution in [0.1, 0.15) is 24.6 Å². The molecular formula is C25H22F2N2O2S. The minimum absolute atomic E-state index is 0.162. The van der Waals surface area contributed by atoms with Gasteiger partial charge < -0.3 is 0 Å². The number of nitrogens with zero attached hydrogens (tertiary/aromatic N) is 2. The van der Waals surface area contributed by atoms with Gasteiger partial charge in [-0.1, -0.05) is 61.5 Å². The Labute approximate surface area is 186 Å². The molecule has 0 saturated heterocycles. The van der Waals surface area contributed by atoms with Crippen molar-refractivity contribution < 1.29 is 17.2 Å². The summed E-state index contributed by atoms with van der Waals surface area (Å²) in [5, 5.41) is 4.31. The van der Waals surface area contributed by atoms with E-state index in [1.807, 2.05) is 37.3 Å². The first-order valence-corrected chi connectivity index (χ1v) is 12.0. The molecule has 1 aromatic heterocycles. The van der Waals surface area contributed by atoms with E-state index in [1.54, 1.807) is 36.4 Å². The third kappa shape index (κ3) is 4.21. The SMILES string of the molecule is CCc1ccc(-n2nc(C(F)F)c(-c3ccccc3)c2-c2ccc(S(C)(=O)=O)cc2)cc1. The third-order valence-electron chi connectivity index (χ3n) is 5.33. The second-order valence-corrected chi connectivity index (χ2v) is 9.52. The Morgan fingerprint density at radius 2 is 1.50 bits per heavy atom. The molecule has 4 rings (SSSR count). The summed E-state index contributed by atoms with van der Waals surface area (Å²) < 4.78 is 53.5. The highest BCUT2D eigenvalue weighted by Gasteiger charge is 2.27. The third-order valence-corrected chi connectivity index (χ3v) is 6.46. The number of hydrogen-bond donors (Lipinski definition) is 0. The van der Waals surface area contributed by atoms with E-state index in [1.165, 1.54) is 16.8 Å². The lowest BCUT2D eigenvalue weighted by molar-refractivity contribution is 0.146. The van der Waals surface area contributed by atoms with Crippen LogP contribution in [0.4, 0.5) is 8.78 Å². The standard InChI is InChI=1S/C25H22F2N2O2S/c1-3-17-9-13-20(14-10-17)29-24(19-11-15-21(16-12-19)32(2,30)31)22(23(28-29)25(26)27)18-7-5-4-6-8-18/h4-16,25H,3H2,1-2H3. The van der Waals surface area contributed by atoms with Gasteiger partial charge in [0, 0.05) is 17.4 Å². The molecule has 0 spiro atoms. The molecule has 0 aliphatic carbocycles. The van der Waals surface area contributed by atoms with Crippen molar-refractivity contribution in [2.45, 2.75) is 24.7 Å². The van der Waals surface area contributed by atoms with Crippen LogP contribution in [0.2, 0.25) is 0 Å². The zero-order valence-corrected chi connectivity index (χ0v) is 18.5. The first kappa shape index (κ1) is 21.9. The molecule has 0 saturated carbocycles. The summed E-state index contributed by atoms with van der Waals surface area (Å²) in [5.74, 6) is 0. The van der Waals surface area contributed by atoms with Gasteiger partial charge in [-0.2, -0.15) is 5.10 Å². The fourth-order valence-corrected chi connectivity index (χ4v) is 4.29. The normalized spacial score (nSPS) is 11.8. The molecule has 164 valence electrons. The zero-order valence-electron chi connectivity index (χ0n) is 17.7. The molecular weight excluding hydrogens is 430 g/mol. The van der Waals surface area contributed by atoms with Gasteiger partial charge in [-0.3, -0.25) is 0 Å². The van der Waals surface area contributed by atoms with Gasteiger partial charge in [0.05, 0.1) is 16.3 Å². The van der Waals surface area contributed by atoms with Crippen molar-refractivity contribution in [3.8, 4) is 28.1 Å². The molecule has 0 unspecified atom stereocenters. The molecule has 3 aromatic carbocycles. The monoisotopic (exact) mass is 452 g/mol. The van der Waals surface area contributed by atoms with Crippen LogP contribution in [-0.2, 0) is 16.3 Å². The number of aromatic nitrogens is 2. The minimum Gasteiger partial charge on any atom is -0.232 e. The van der Waals surface area contributed by atoms with E-state index in [2.05, 4.69) is 5.10 Å². The van der Waals surface area contributed by atoms with E-state index >= 15 is 0 Å². The topological polar surface area (TPSA) is 52.0 Å². The van der Waals surface area contributed by atoms with Gasteiger partial charge in [0.1, 0.15) is 5.69 Å². The van der Waals surface area contributed by atoms with Crippen molar-refractivity contribution in [2.24, 2.45) is 0 Å². The van der Waals surface area contributed by atoms with Crippen LogP contribution in [-0.4, -0.2) is 24.5 Å². The fourth-order valence-electron chi connectivity index (χ4n) is 3.66. The van der Waals surface area contributed by atoms with Crippen molar-refractivity contribution >= 4 is 9.84 Å². The Hall–Kier alpha value is -3.32. The van der Waals surface area contributed by atoms with E-state index in [0.29, 0.717) is 28.1 Å². The molecule has 1 heterocycles. The molecule has 0 amide bonds. The Balaban J connectivity index is 2.01. The van der Waals surface area contributed by atoms with Crippen molar-refractivity contribution in [2.75, 3.05) is 6.26 Å². The average molecular weight is 453 g/mol. The number of sulfone groups is 1. The summed E-state index contributed by atoms with van der Waals surface area (Å²) in [6.45, 7) is 2.04. The number of hydrogen-bond acceptors (Lipinski definition) is 3. The van der Waals surface area contributed by atoms with Gasteiger partial charge in [0.15, 0.2) is 9.84 Å². The maximum absolute atomic E-state index is 14.1. The molecule has 32 heavy (non-hydrogen) atoms. The molecule has 0 aliphatic rings. The predicted molar refractivity (Wildman–Crippen MR) is 122 cm³/mol. The van der Waals surface area contributed by atoms with E-state index in [-0.39, 0.29) is 10.6 Å². The fraction of sp³-hybridized carbons (Fsp3) is 0.160. The first-order chi connectivity index (χ1) is 15.3. The van der Waals surface area contributed by atoms with Crippen molar-refractivity contribution in [3.63, 3.8) is 0 Å². The zero-order chi connectivity index (χ0) is 22.9. The molecule has 0 aliphatic heterocycles. The quantitative estimate of drug-likeness (QED) is 0.355. The Morgan fingerprint density at radius 3 is 2.03 bits per heavy atom. The van der Waals surface area contributed by atoms with Crippen LogP contribution in [0, 0.1) is 0 Å². The number of rotatable bonds is 6. The van der Waals surface area contributed by atoms with Gasteiger partial charge in [-0.25, -0.2) is 21.9 Å². The second-order valence-electron chi connectivity index (χ2n) is 7.50. The van der Waals surface area contributed by atoms with E-state index < -0.39 is 16.3 Å². The molecule has 0 atom stereocenters. The van der Waals surface area contributed by atoms with Crippen LogP contribution >= 0.6 is 0 Å². The highest BCUT2D eigenvalue weighted by molar-refractivity contribution is 7.90. The van der Waals surface area contributed by atoms with Gasteiger partial charge in [-0.15, -0.1) is 0 Å². The molecule has 0 radical (unpaired) electrons. The molecule has 0 N–H and O–H groups in total. The maximum atomic E-state index is 14.1. The molecule has 4 nitrogen and oxygen atoms in total. The second kappa shape index (κ2) is 8.67. The summed E-state index contributed by atoms with van der Waals surface area (Å²) >= 11 is 0. The Kier molecular flexibility index (Phi) is 5.93. The summed E-state index contributed by atoms with van der Waals surface area (Å²) in [4.78, 5) is 0.162. The lowest BCUT2D eigenvalue weighted by Gasteiger charge is -2.12. The highest BCUT2D eigenvalue weighted by Crippen LogP contribution is 2.40. The van der Waals surface area contributed by atoms with Crippen LogP contribution < -0.4 is 0 Å². The Morgan fingerprint density at radius 1 is 0.875 bits per heavy atom. The molecule has 7 heteroatoms. The van der Waals surface area contributed by atoms with Crippen LogP contribution in [0.3, 0.4) is 0 Å². The Bertz CT molecular complexity index is 1330. The minimum atomic E-state index is -3.38. The highest BCUT2D eigenvalue weighted by atomic mass is 32.2. The van der Waals surface area contributed by atoms with Crippen LogP contribution in [0.25, 0.3) is 28.1 Å².